The van der Waals surface area contributed by atoms with Gasteiger partial charge < -0.3 is 24.4 Å². The number of allylic oxidation sites excluding steroid dienone is 1. The van der Waals surface area contributed by atoms with Crippen LogP contribution in [0.25, 0.3) is 0 Å². The summed E-state index contributed by atoms with van der Waals surface area (Å²) in [6.07, 6.45) is 1.30. The molecule has 1 amide bonds. The van der Waals surface area contributed by atoms with E-state index < -0.39 is 0 Å². The van der Waals surface area contributed by atoms with E-state index in [1.165, 1.54) is 13.3 Å². The third-order valence-electron chi connectivity index (χ3n) is 3.50. The zero-order chi connectivity index (χ0) is 18.1. The van der Waals surface area contributed by atoms with Gasteiger partial charge in [0.2, 0.25) is 0 Å². The molecular weight excluding hydrogens is 324 g/mol. The summed E-state index contributed by atoms with van der Waals surface area (Å²) in [5, 5.41) is 20.3. The summed E-state index contributed by atoms with van der Waals surface area (Å²) in [5.41, 5.74) is 0.571. The Bertz CT molecular complexity index is 711. The number of hydrogen-bond donors (Lipinski definition) is 1. The normalized spacial score (nSPS) is 13.2. The predicted molar refractivity (Wildman–Crippen MR) is 88.8 cm³/mol. The van der Waals surface area contributed by atoms with Crippen LogP contribution in [0.4, 0.5) is 5.69 Å². The molecule has 1 N–H and O–H groups in total. The number of rotatable bonds is 6. The summed E-state index contributed by atoms with van der Waals surface area (Å²) < 4.78 is 16.0. The zero-order valence-corrected chi connectivity index (χ0v) is 13.8. The fourth-order valence-corrected chi connectivity index (χ4v) is 2.17. The molecule has 0 unspecified atom stereocenters. The highest BCUT2D eigenvalue weighted by molar-refractivity contribution is 5.78. The van der Waals surface area contributed by atoms with Crippen molar-refractivity contribution in [1.29, 1.82) is 10.5 Å². The number of ether oxygens (including phenoxy) is 3. The molecule has 0 aliphatic carbocycles. The molecule has 0 saturated carbocycles. The number of nitrogens with zero attached hydrogens (tertiary/aromatic N) is 3. The molecule has 8 nitrogen and oxygen atoms in total. The average molecular weight is 342 g/mol. The molecule has 0 radical (unpaired) electrons. The summed E-state index contributed by atoms with van der Waals surface area (Å²) in [4.78, 5) is 13.8. The number of benzene rings is 1. The Morgan fingerprint density at radius 1 is 1.32 bits per heavy atom. The minimum Gasteiger partial charge on any atom is -0.493 e. The second-order valence-corrected chi connectivity index (χ2v) is 5.07. The molecule has 1 aromatic rings. The van der Waals surface area contributed by atoms with Crippen LogP contribution in [0.2, 0.25) is 0 Å². The van der Waals surface area contributed by atoms with E-state index in [1.54, 1.807) is 35.2 Å². The van der Waals surface area contributed by atoms with Crippen LogP contribution in [0, 0.1) is 22.7 Å². The highest BCUT2D eigenvalue weighted by Crippen LogP contribution is 2.30. The number of anilines is 1. The minimum absolute atomic E-state index is 0.0459. The molecule has 0 aromatic heterocycles. The molecule has 1 aliphatic heterocycles. The molecule has 2 rings (SSSR count). The van der Waals surface area contributed by atoms with E-state index in [0.717, 1.165) is 0 Å². The summed E-state index contributed by atoms with van der Waals surface area (Å²) in [5.74, 6) is 0.756. The molecule has 1 aromatic carbocycles. The van der Waals surface area contributed by atoms with Gasteiger partial charge in [-0.1, -0.05) is 0 Å². The van der Waals surface area contributed by atoms with E-state index in [1.807, 2.05) is 0 Å². The fourth-order valence-electron chi connectivity index (χ4n) is 2.17. The minimum atomic E-state index is -0.108. The van der Waals surface area contributed by atoms with Gasteiger partial charge in [0, 0.05) is 31.0 Å². The van der Waals surface area contributed by atoms with Crippen molar-refractivity contribution in [3.05, 3.63) is 30.0 Å². The van der Waals surface area contributed by atoms with Crippen LogP contribution in [0.5, 0.6) is 11.5 Å². The highest BCUT2D eigenvalue weighted by Gasteiger charge is 2.18. The molecule has 8 heteroatoms. The van der Waals surface area contributed by atoms with Gasteiger partial charge in [0.15, 0.2) is 18.1 Å². The number of amides is 1. The van der Waals surface area contributed by atoms with Crippen LogP contribution in [-0.4, -0.2) is 50.8 Å². The number of nitrogens with one attached hydrogen (secondary N) is 1. The number of nitriles is 2. The maximum atomic E-state index is 12.1. The third-order valence-corrected chi connectivity index (χ3v) is 3.50. The first-order chi connectivity index (χ1) is 12.2. The van der Waals surface area contributed by atoms with E-state index in [-0.39, 0.29) is 18.1 Å². The number of methoxy groups -OCH3 is 1. The Morgan fingerprint density at radius 2 is 2.04 bits per heavy atom. The topological polar surface area (TPSA) is 108 Å². The maximum absolute atomic E-state index is 12.1. The van der Waals surface area contributed by atoms with Crippen LogP contribution in [0.1, 0.15) is 0 Å². The van der Waals surface area contributed by atoms with E-state index in [4.69, 9.17) is 24.7 Å². The Balaban J connectivity index is 1.99. The van der Waals surface area contributed by atoms with E-state index in [2.05, 4.69) is 5.32 Å². The zero-order valence-electron chi connectivity index (χ0n) is 13.8. The number of carbonyl (C=O) groups excluding carboxylic acids is 1. The molecular formula is C17H18N4O4. The van der Waals surface area contributed by atoms with Crippen LogP contribution in [0.15, 0.2) is 30.0 Å². The Labute approximate surface area is 145 Å². The lowest BCUT2D eigenvalue weighted by Crippen LogP contribution is -2.43. The molecule has 130 valence electrons. The molecule has 0 atom stereocenters. The molecule has 25 heavy (non-hydrogen) atoms. The summed E-state index contributed by atoms with van der Waals surface area (Å²) in [6.45, 7) is 2.12. The monoisotopic (exact) mass is 342 g/mol. The first-order valence-electron chi connectivity index (χ1n) is 7.61. The van der Waals surface area contributed by atoms with Gasteiger partial charge in [-0.2, -0.15) is 10.5 Å². The van der Waals surface area contributed by atoms with Crippen molar-refractivity contribution in [3.63, 3.8) is 0 Å². The average Bonchev–Trinajstić information content (AvgIpc) is 2.67. The van der Waals surface area contributed by atoms with E-state index in [9.17, 15) is 4.79 Å². The lowest BCUT2D eigenvalue weighted by atomic mass is 10.2. The number of carbonyl (C=O) groups is 1. The molecule has 0 bridgehead atoms. The van der Waals surface area contributed by atoms with Gasteiger partial charge in [0.05, 0.1) is 20.3 Å². The van der Waals surface area contributed by atoms with Gasteiger partial charge >= 0.3 is 0 Å². The smallest absolute Gasteiger partial charge is 0.260 e. The summed E-state index contributed by atoms with van der Waals surface area (Å²) >= 11 is 0. The molecule has 1 fully saturated rings. The molecule has 1 aliphatic rings. The SMILES string of the molecule is COc1cc(NC=C(C#N)C#N)ccc1OCC(=O)N1CCOCC1. The van der Waals surface area contributed by atoms with Crippen LogP contribution in [0.3, 0.4) is 0 Å². The number of hydrogen-bond acceptors (Lipinski definition) is 7. The third kappa shape index (κ3) is 5.13. The molecule has 1 heterocycles. The fraction of sp³-hybridized carbons (Fsp3) is 0.353. The second kappa shape index (κ2) is 9.16. The summed E-state index contributed by atoms with van der Waals surface area (Å²) in [6, 6.07) is 8.51. The quantitative estimate of drug-likeness (QED) is 0.776. The second-order valence-electron chi connectivity index (χ2n) is 5.07. The van der Waals surface area contributed by atoms with Crippen LogP contribution >= 0.6 is 0 Å². The van der Waals surface area contributed by atoms with Crippen molar-refractivity contribution in [1.82, 2.24) is 4.90 Å². The van der Waals surface area contributed by atoms with Crippen molar-refractivity contribution in [2.24, 2.45) is 0 Å². The van der Waals surface area contributed by atoms with Crippen LogP contribution in [-0.2, 0) is 9.53 Å². The van der Waals surface area contributed by atoms with Gasteiger partial charge in [0.25, 0.3) is 5.91 Å². The predicted octanol–water partition coefficient (Wildman–Crippen LogP) is 1.28. The van der Waals surface area contributed by atoms with E-state index in [0.29, 0.717) is 43.5 Å². The Morgan fingerprint density at radius 3 is 2.68 bits per heavy atom. The van der Waals surface area contributed by atoms with Crippen molar-refractivity contribution in [2.75, 3.05) is 45.3 Å². The molecule has 0 spiro atoms. The standard InChI is InChI=1S/C17H18N4O4/c1-23-16-8-14(20-11-13(9-18)10-19)2-3-15(16)25-12-17(22)21-4-6-24-7-5-21/h2-3,8,11,20H,4-7,12H2,1H3. The highest BCUT2D eigenvalue weighted by atomic mass is 16.5. The first-order valence-corrected chi connectivity index (χ1v) is 7.61. The van der Waals surface area contributed by atoms with Gasteiger partial charge in [-0.05, 0) is 12.1 Å². The van der Waals surface area contributed by atoms with Gasteiger partial charge in [0.1, 0.15) is 17.7 Å². The maximum Gasteiger partial charge on any atom is 0.260 e. The Hall–Kier alpha value is -3.23. The summed E-state index contributed by atoms with van der Waals surface area (Å²) in [7, 11) is 1.49. The lowest BCUT2D eigenvalue weighted by molar-refractivity contribution is -0.137. The number of morpholine rings is 1. The van der Waals surface area contributed by atoms with Crippen molar-refractivity contribution < 1.29 is 19.0 Å². The largest absolute Gasteiger partial charge is 0.493 e. The molecule has 1 saturated heterocycles. The Kier molecular flexibility index (Phi) is 6.64. The van der Waals surface area contributed by atoms with Crippen LogP contribution < -0.4 is 14.8 Å². The van der Waals surface area contributed by atoms with Crippen molar-refractivity contribution in [3.8, 4) is 23.6 Å². The van der Waals surface area contributed by atoms with Gasteiger partial charge in [-0.3, -0.25) is 4.79 Å². The van der Waals surface area contributed by atoms with Gasteiger partial charge in [-0.25, -0.2) is 0 Å². The van der Waals surface area contributed by atoms with Crippen molar-refractivity contribution in [2.45, 2.75) is 0 Å². The van der Waals surface area contributed by atoms with E-state index >= 15 is 0 Å². The first kappa shape index (κ1) is 18.1. The van der Waals surface area contributed by atoms with Crippen molar-refractivity contribution >= 4 is 11.6 Å². The van der Waals surface area contributed by atoms with Gasteiger partial charge in [-0.15, -0.1) is 0 Å². The lowest BCUT2D eigenvalue weighted by Gasteiger charge is -2.26.